The number of nitrogens with two attached hydrogens (primary N) is 1. The van der Waals surface area contributed by atoms with E-state index in [1.165, 1.54) is 12.8 Å². The Bertz CT molecular complexity index is 314. The van der Waals surface area contributed by atoms with Gasteiger partial charge < -0.3 is 9.47 Å². The first-order valence-corrected chi connectivity index (χ1v) is 6.78. The molecule has 4 unspecified atom stereocenters. The van der Waals surface area contributed by atoms with Crippen LogP contribution in [0.3, 0.4) is 0 Å². The molecule has 4 atom stereocenters. The lowest BCUT2D eigenvalue weighted by atomic mass is 10.1. The number of carbonyl (C=O) groups is 1. The molecular weight excluding hydrogens is 234 g/mol. The summed E-state index contributed by atoms with van der Waals surface area (Å²) in [5, 5.41) is 0. The lowest BCUT2D eigenvalue weighted by Crippen LogP contribution is -2.46. The van der Waals surface area contributed by atoms with Crippen LogP contribution in [-0.2, 0) is 14.3 Å². The molecule has 3 aliphatic heterocycles. The van der Waals surface area contributed by atoms with E-state index in [0.29, 0.717) is 12.2 Å². The van der Waals surface area contributed by atoms with Crippen LogP contribution in [0.4, 0.5) is 0 Å². The van der Waals surface area contributed by atoms with Crippen molar-refractivity contribution in [3.63, 3.8) is 0 Å². The first-order valence-electron chi connectivity index (χ1n) is 6.78. The lowest BCUT2D eigenvalue weighted by Gasteiger charge is -2.33. The molecule has 6 heteroatoms. The predicted octanol–water partition coefficient (Wildman–Crippen LogP) is -0.613. The van der Waals surface area contributed by atoms with E-state index in [0.717, 1.165) is 32.5 Å². The van der Waals surface area contributed by atoms with Crippen molar-refractivity contribution in [2.75, 3.05) is 19.6 Å². The number of ether oxygens (including phenoxy) is 2. The summed E-state index contributed by atoms with van der Waals surface area (Å²) in [7, 11) is 0. The summed E-state index contributed by atoms with van der Waals surface area (Å²) in [6, 6.07) is 0. The number of morpholine rings is 1. The Labute approximate surface area is 107 Å². The van der Waals surface area contributed by atoms with Gasteiger partial charge in [0.25, 0.3) is 5.91 Å². The Kier molecular flexibility index (Phi) is 3.52. The Morgan fingerprint density at radius 2 is 1.89 bits per heavy atom. The summed E-state index contributed by atoms with van der Waals surface area (Å²) >= 11 is 0. The number of nitrogens with one attached hydrogen (secondary N) is 1. The maximum absolute atomic E-state index is 11.4. The first kappa shape index (κ1) is 12.3. The highest BCUT2D eigenvalue weighted by Crippen LogP contribution is 2.28. The minimum atomic E-state index is -0.363. The average molecular weight is 255 g/mol. The highest BCUT2D eigenvalue weighted by Gasteiger charge is 2.36. The molecule has 0 aromatic heterocycles. The van der Waals surface area contributed by atoms with Gasteiger partial charge in [-0.3, -0.25) is 15.1 Å². The predicted molar refractivity (Wildman–Crippen MR) is 64.6 cm³/mol. The van der Waals surface area contributed by atoms with E-state index in [1.807, 2.05) is 0 Å². The Morgan fingerprint density at radius 1 is 1.17 bits per heavy atom. The molecular formula is C12H21N3O3. The van der Waals surface area contributed by atoms with E-state index >= 15 is 0 Å². The van der Waals surface area contributed by atoms with Gasteiger partial charge in [-0.15, -0.1) is 0 Å². The number of nitrogens with zero attached hydrogens (tertiary/aromatic N) is 1. The van der Waals surface area contributed by atoms with Gasteiger partial charge in [0, 0.05) is 19.6 Å². The highest BCUT2D eigenvalue weighted by molar-refractivity contribution is 5.80. The molecule has 18 heavy (non-hydrogen) atoms. The molecule has 3 fully saturated rings. The topological polar surface area (TPSA) is 76.8 Å². The second kappa shape index (κ2) is 5.13. The summed E-state index contributed by atoms with van der Waals surface area (Å²) in [4.78, 5) is 13.8. The third-order valence-electron chi connectivity index (χ3n) is 4.12. The van der Waals surface area contributed by atoms with Crippen molar-refractivity contribution in [3.05, 3.63) is 0 Å². The molecule has 3 heterocycles. The fourth-order valence-corrected chi connectivity index (χ4v) is 3.26. The van der Waals surface area contributed by atoms with Crippen molar-refractivity contribution in [2.45, 2.75) is 50.1 Å². The molecule has 1 amide bonds. The average Bonchev–Trinajstić information content (AvgIpc) is 2.96. The molecule has 2 bridgehead atoms. The number of carbonyl (C=O) groups excluding carboxylic acids is 1. The van der Waals surface area contributed by atoms with E-state index in [2.05, 4.69) is 10.3 Å². The summed E-state index contributed by atoms with van der Waals surface area (Å²) in [6.07, 6.45) is 4.69. The van der Waals surface area contributed by atoms with Crippen molar-refractivity contribution in [1.29, 1.82) is 0 Å². The maximum Gasteiger partial charge on any atom is 0.263 e. The van der Waals surface area contributed by atoms with E-state index in [9.17, 15) is 4.79 Å². The zero-order valence-electron chi connectivity index (χ0n) is 10.5. The minimum Gasteiger partial charge on any atom is -0.372 e. The van der Waals surface area contributed by atoms with Crippen LogP contribution in [0.2, 0.25) is 0 Å². The number of likely N-dealkylation sites (tertiary alicyclic amines) is 1. The molecule has 3 aliphatic rings. The second-order valence-electron chi connectivity index (χ2n) is 5.51. The van der Waals surface area contributed by atoms with Gasteiger partial charge in [0.15, 0.2) is 0 Å². The summed E-state index contributed by atoms with van der Waals surface area (Å²) in [6.45, 7) is 2.92. The van der Waals surface area contributed by atoms with Crippen LogP contribution < -0.4 is 11.3 Å². The first-order chi connectivity index (χ1) is 8.74. The number of hydrazine groups is 1. The van der Waals surface area contributed by atoms with E-state index in [4.69, 9.17) is 15.3 Å². The summed E-state index contributed by atoms with van der Waals surface area (Å²) in [5.74, 6) is 4.91. The minimum absolute atomic E-state index is 0.157. The van der Waals surface area contributed by atoms with Gasteiger partial charge >= 0.3 is 0 Å². The fourth-order valence-electron chi connectivity index (χ4n) is 3.26. The van der Waals surface area contributed by atoms with Gasteiger partial charge in [0.05, 0.1) is 18.3 Å². The molecule has 3 rings (SSSR count). The monoisotopic (exact) mass is 255 g/mol. The van der Waals surface area contributed by atoms with Crippen LogP contribution in [0, 0.1) is 0 Å². The third-order valence-corrected chi connectivity index (χ3v) is 4.12. The van der Waals surface area contributed by atoms with Crippen molar-refractivity contribution < 1.29 is 14.3 Å². The maximum atomic E-state index is 11.4. The summed E-state index contributed by atoms with van der Waals surface area (Å²) in [5.41, 5.74) is 2.16. The quantitative estimate of drug-likeness (QED) is 0.399. The number of amides is 1. The smallest absolute Gasteiger partial charge is 0.263 e. The molecule has 0 aliphatic carbocycles. The zero-order valence-corrected chi connectivity index (χ0v) is 10.5. The fraction of sp³-hybridized carbons (Fsp3) is 0.917. The molecule has 0 aromatic rings. The lowest BCUT2D eigenvalue weighted by molar-refractivity contribution is -0.133. The molecule has 0 aromatic carbocycles. The normalized spacial score (nSPS) is 40.1. The van der Waals surface area contributed by atoms with E-state index in [1.54, 1.807) is 0 Å². The van der Waals surface area contributed by atoms with Crippen LogP contribution in [0.25, 0.3) is 0 Å². The second-order valence-corrected chi connectivity index (χ2v) is 5.51. The number of hydrogen-bond donors (Lipinski definition) is 2. The van der Waals surface area contributed by atoms with Crippen LogP contribution in [0.5, 0.6) is 0 Å². The van der Waals surface area contributed by atoms with Crippen LogP contribution >= 0.6 is 0 Å². The van der Waals surface area contributed by atoms with E-state index < -0.39 is 0 Å². The van der Waals surface area contributed by atoms with Crippen LogP contribution in [0.1, 0.15) is 25.7 Å². The number of hydrogen-bond acceptors (Lipinski definition) is 5. The Hall–Kier alpha value is -0.690. The summed E-state index contributed by atoms with van der Waals surface area (Å²) < 4.78 is 11.5. The van der Waals surface area contributed by atoms with Gasteiger partial charge in [0.1, 0.15) is 6.10 Å². The van der Waals surface area contributed by atoms with Crippen molar-refractivity contribution in [1.82, 2.24) is 10.3 Å². The van der Waals surface area contributed by atoms with Gasteiger partial charge in [0.2, 0.25) is 0 Å². The molecule has 3 saturated heterocycles. The van der Waals surface area contributed by atoms with Crippen LogP contribution in [0.15, 0.2) is 0 Å². The molecule has 102 valence electrons. The highest BCUT2D eigenvalue weighted by atomic mass is 16.5. The van der Waals surface area contributed by atoms with Crippen molar-refractivity contribution >= 4 is 5.91 Å². The van der Waals surface area contributed by atoms with Gasteiger partial charge in [-0.05, 0) is 25.7 Å². The molecule has 3 N–H and O–H groups in total. The molecule has 0 spiro atoms. The van der Waals surface area contributed by atoms with Crippen molar-refractivity contribution in [2.24, 2.45) is 5.84 Å². The van der Waals surface area contributed by atoms with E-state index in [-0.39, 0.29) is 18.1 Å². The van der Waals surface area contributed by atoms with Gasteiger partial charge in [-0.25, -0.2) is 5.84 Å². The SMILES string of the molecule is NNC(=O)C1CCC(CN2CC3CCC(C2)O3)O1. The van der Waals surface area contributed by atoms with Crippen molar-refractivity contribution in [3.8, 4) is 0 Å². The Morgan fingerprint density at radius 3 is 2.56 bits per heavy atom. The zero-order chi connectivity index (χ0) is 12.5. The van der Waals surface area contributed by atoms with Gasteiger partial charge in [-0.2, -0.15) is 0 Å². The largest absolute Gasteiger partial charge is 0.372 e. The number of fused-ring (bicyclic) bond motifs is 2. The Balaban J connectivity index is 1.48. The van der Waals surface area contributed by atoms with Gasteiger partial charge in [-0.1, -0.05) is 0 Å². The van der Waals surface area contributed by atoms with Crippen LogP contribution in [-0.4, -0.2) is 54.9 Å². The third kappa shape index (κ3) is 2.51. The molecule has 0 radical (unpaired) electrons. The molecule has 0 saturated carbocycles. The number of rotatable bonds is 3. The standard InChI is InChI=1S/C12H21N3O3/c13-14-12(16)11-4-3-10(18-11)7-15-5-8-1-2-9(6-15)17-8/h8-11H,1-7,13H2,(H,14,16). The molecule has 6 nitrogen and oxygen atoms in total.